The molecule has 7 nitrogen and oxygen atoms in total. The maximum absolute atomic E-state index is 11.5. The van der Waals surface area contributed by atoms with E-state index in [9.17, 15) is 9.59 Å². The number of rotatable bonds is 3. The number of nitrogens with one attached hydrogen (secondary N) is 1. The Kier molecular flexibility index (Phi) is 5.20. The summed E-state index contributed by atoms with van der Waals surface area (Å²) >= 11 is 0. The van der Waals surface area contributed by atoms with Crippen molar-refractivity contribution in [2.75, 3.05) is 6.61 Å². The molecule has 1 saturated heterocycles. The van der Waals surface area contributed by atoms with E-state index in [4.69, 9.17) is 15.0 Å². The zero-order valence-electron chi connectivity index (χ0n) is 11.4. The summed E-state index contributed by atoms with van der Waals surface area (Å²) in [5.74, 6) is -0.377. The lowest BCUT2D eigenvalue weighted by molar-refractivity contribution is -0.130. The van der Waals surface area contributed by atoms with Gasteiger partial charge in [-0.15, -0.1) is 0 Å². The fourth-order valence-electron chi connectivity index (χ4n) is 1.70. The molecular formula is C12H19N3O4. The Morgan fingerprint density at radius 1 is 1.42 bits per heavy atom. The van der Waals surface area contributed by atoms with Crippen LogP contribution in [0.5, 0.6) is 0 Å². The van der Waals surface area contributed by atoms with Gasteiger partial charge in [0, 0.05) is 0 Å². The Balaban J connectivity index is 2.36. The zero-order valence-corrected chi connectivity index (χ0v) is 11.4. The summed E-state index contributed by atoms with van der Waals surface area (Å²) in [5.41, 5.74) is 7.72. The first-order valence-electron chi connectivity index (χ1n) is 6.14. The molecule has 1 heterocycles. The number of hydrogen-bond donors (Lipinski definition) is 1. The van der Waals surface area contributed by atoms with Crippen molar-refractivity contribution in [2.24, 2.45) is 0 Å². The van der Waals surface area contributed by atoms with Crippen LogP contribution in [0.15, 0.2) is 0 Å². The van der Waals surface area contributed by atoms with Crippen LogP contribution in [-0.4, -0.2) is 47.2 Å². The molecule has 106 valence electrons. The SMILES string of the molecule is CC(C)(C)OC(=O)NC1CCC(C(=O)C=[N+]=[N-])OC1. The molecule has 0 aromatic heterocycles. The van der Waals surface area contributed by atoms with Gasteiger partial charge in [-0.25, -0.2) is 4.79 Å². The van der Waals surface area contributed by atoms with Crippen molar-refractivity contribution in [1.82, 2.24) is 5.32 Å². The summed E-state index contributed by atoms with van der Waals surface area (Å²) in [6.45, 7) is 5.58. The molecule has 0 aliphatic carbocycles. The Hall–Kier alpha value is -1.72. The minimum absolute atomic E-state index is 0.176. The van der Waals surface area contributed by atoms with Gasteiger partial charge < -0.3 is 20.3 Å². The van der Waals surface area contributed by atoms with Gasteiger partial charge in [0.25, 0.3) is 5.78 Å². The average molecular weight is 269 g/mol. The van der Waals surface area contributed by atoms with Gasteiger partial charge in [0.2, 0.25) is 0 Å². The molecule has 0 spiro atoms. The number of ketones is 1. The summed E-state index contributed by atoms with van der Waals surface area (Å²) < 4.78 is 10.4. The fraction of sp³-hybridized carbons (Fsp3) is 0.750. The minimum Gasteiger partial charge on any atom is -0.444 e. The van der Waals surface area contributed by atoms with Crippen molar-refractivity contribution in [1.29, 1.82) is 0 Å². The van der Waals surface area contributed by atoms with Crippen molar-refractivity contribution in [2.45, 2.75) is 51.4 Å². The molecule has 1 aliphatic heterocycles. The molecule has 19 heavy (non-hydrogen) atoms. The fourth-order valence-corrected chi connectivity index (χ4v) is 1.70. The maximum atomic E-state index is 11.5. The van der Waals surface area contributed by atoms with Crippen LogP contribution in [0.25, 0.3) is 5.53 Å². The summed E-state index contributed by atoms with van der Waals surface area (Å²) in [6.07, 6.45) is 0.794. The Bertz CT molecular complexity index is 388. The van der Waals surface area contributed by atoms with Crippen molar-refractivity contribution in [3.05, 3.63) is 5.53 Å². The highest BCUT2D eigenvalue weighted by Crippen LogP contribution is 2.15. The first-order chi connectivity index (χ1) is 8.81. The van der Waals surface area contributed by atoms with Crippen LogP contribution in [0.3, 0.4) is 0 Å². The molecule has 1 N–H and O–H groups in total. The standard InChI is InChI=1S/C12H19N3O4/c1-12(2,3)19-11(17)15-8-4-5-10(18-7-8)9(16)6-14-13/h6,8,10H,4-5,7H2,1-3H3,(H,15,17). The lowest BCUT2D eigenvalue weighted by Crippen LogP contribution is -2.46. The molecule has 1 aliphatic rings. The van der Waals surface area contributed by atoms with Crippen LogP contribution >= 0.6 is 0 Å². The molecule has 0 aromatic carbocycles. The van der Waals surface area contributed by atoms with E-state index in [-0.39, 0.29) is 18.4 Å². The molecule has 0 radical (unpaired) electrons. The summed E-state index contributed by atoms with van der Waals surface area (Å²) in [4.78, 5) is 25.6. The van der Waals surface area contributed by atoms with Crippen LogP contribution < -0.4 is 5.32 Å². The molecule has 2 atom stereocenters. The number of amides is 1. The average Bonchev–Trinajstić information content (AvgIpc) is 2.27. The van der Waals surface area contributed by atoms with Gasteiger partial charge in [-0.1, -0.05) is 0 Å². The van der Waals surface area contributed by atoms with Gasteiger partial charge >= 0.3 is 12.3 Å². The first kappa shape index (κ1) is 15.3. The van der Waals surface area contributed by atoms with E-state index in [1.54, 1.807) is 20.8 Å². The van der Waals surface area contributed by atoms with Crippen LogP contribution in [0.1, 0.15) is 33.6 Å². The summed E-state index contributed by atoms with van der Waals surface area (Å²) in [6, 6.07) is -0.176. The second kappa shape index (κ2) is 6.45. The van der Waals surface area contributed by atoms with Gasteiger partial charge in [0.05, 0.1) is 12.6 Å². The molecule has 1 fully saturated rings. The van der Waals surface area contributed by atoms with Gasteiger partial charge in [-0.3, -0.25) is 4.79 Å². The molecule has 1 amide bonds. The quantitative estimate of drug-likeness (QED) is 0.467. The lowest BCUT2D eigenvalue weighted by Gasteiger charge is -2.28. The van der Waals surface area contributed by atoms with Crippen molar-refractivity contribution in [3.8, 4) is 0 Å². The van der Waals surface area contributed by atoms with E-state index < -0.39 is 17.8 Å². The highest BCUT2D eigenvalue weighted by atomic mass is 16.6. The van der Waals surface area contributed by atoms with E-state index in [2.05, 4.69) is 10.1 Å². The molecule has 0 bridgehead atoms. The Morgan fingerprint density at radius 2 is 2.11 bits per heavy atom. The van der Waals surface area contributed by atoms with E-state index in [1.165, 1.54) is 0 Å². The number of carbonyl (C=O) groups is 2. The smallest absolute Gasteiger partial charge is 0.407 e. The lowest BCUT2D eigenvalue weighted by atomic mass is 10.0. The molecule has 7 heteroatoms. The largest absolute Gasteiger partial charge is 0.444 e. The van der Waals surface area contributed by atoms with Gasteiger partial charge in [-0.05, 0) is 33.6 Å². The van der Waals surface area contributed by atoms with Crippen molar-refractivity contribution < 1.29 is 23.9 Å². The predicted octanol–water partition coefficient (Wildman–Crippen LogP) is 0.928. The molecule has 2 unspecified atom stereocenters. The van der Waals surface area contributed by atoms with Crippen LogP contribution in [-0.2, 0) is 14.3 Å². The third-order valence-corrected chi connectivity index (χ3v) is 2.50. The van der Waals surface area contributed by atoms with Crippen LogP contribution in [0, 0.1) is 0 Å². The zero-order chi connectivity index (χ0) is 14.5. The number of ether oxygens (including phenoxy) is 2. The van der Waals surface area contributed by atoms with Crippen LogP contribution in [0.2, 0.25) is 0 Å². The van der Waals surface area contributed by atoms with Gasteiger partial charge in [0.1, 0.15) is 11.7 Å². The second-order valence-corrected chi connectivity index (χ2v) is 5.39. The van der Waals surface area contributed by atoms with Gasteiger partial charge in [-0.2, -0.15) is 4.79 Å². The van der Waals surface area contributed by atoms with Crippen molar-refractivity contribution in [3.63, 3.8) is 0 Å². The molecular weight excluding hydrogens is 250 g/mol. The van der Waals surface area contributed by atoms with E-state index in [0.717, 1.165) is 6.21 Å². The van der Waals surface area contributed by atoms with E-state index >= 15 is 0 Å². The number of alkyl carbamates (subject to hydrolysis) is 1. The molecule has 0 aromatic rings. The Morgan fingerprint density at radius 3 is 2.58 bits per heavy atom. The molecule has 1 rings (SSSR count). The Labute approximate surface area is 111 Å². The summed E-state index contributed by atoms with van der Waals surface area (Å²) in [5, 5.41) is 2.69. The van der Waals surface area contributed by atoms with Crippen LogP contribution in [0.4, 0.5) is 4.79 Å². The number of Topliss-reactive ketones (excluding diaryl/α,β-unsaturated/α-hetero) is 1. The third-order valence-electron chi connectivity index (χ3n) is 2.50. The highest BCUT2D eigenvalue weighted by Gasteiger charge is 2.29. The number of carbonyl (C=O) groups excluding carboxylic acids is 2. The van der Waals surface area contributed by atoms with E-state index in [0.29, 0.717) is 12.8 Å². The second-order valence-electron chi connectivity index (χ2n) is 5.39. The van der Waals surface area contributed by atoms with Gasteiger partial charge in [0.15, 0.2) is 0 Å². The predicted molar refractivity (Wildman–Crippen MR) is 66.8 cm³/mol. The number of hydrogen-bond acceptors (Lipinski definition) is 4. The van der Waals surface area contributed by atoms with Crippen molar-refractivity contribution >= 4 is 18.1 Å². The third kappa shape index (κ3) is 5.63. The number of nitrogens with zero attached hydrogens (tertiary/aromatic N) is 2. The minimum atomic E-state index is -0.604. The van der Waals surface area contributed by atoms with E-state index in [1.807, 2.05) is 0 Å². The monoisotopic (exact) mass is 269 g/mol. The maximum Gasteiger partial charge on any atom is 0.407 e. The first-order valence-corrected chi connectivity index (χ1v) is 6.14. The topological polar surface area (TPSA) is 101 Å². The normalized spacial score (nSPS) is 23.1. The molecule has 0 saturated carbocycles. The highest BCUT2D eigenvalue weighted by molar-refractivity contribution is 6.27. The summed E-state index contributed by atoms with van der Waals surface area (Å²) in [7, 11) is 0.